The number of fused-ring (bicyclic) bond motifs is 2. The van der Waals surface area contributed by atoms with Crippen LogP contribution in [0.5, 0.6) is 11.5 Å². The van der Waals surface area contributed by atoms with Gasteiger partial charge in [-0.2, -0.15) is 0 Å². The number of hydrogen-bond donors (Lipinski definition) is 2. The number of unbranched alkanes of at least 4 members (excludes halogenated alkanes) is 30. The number of aliphatic hydroxyl groups is 2. The second-order valence-electron chi connectivity index (χ2n) is 18.9. The van der Waals surface area contributed by atoms with Crippen molar-refractivity contribution in [3.63, 3.8) is 0 Å². The summed E-state index contributed by atoms with van der Waals surface area (Å²) in [6.07, 6.45) is 41.7. The number of aryl methyl sites for hydroxylation is 1. The maximum Gasteiger partial charge on any atom is 0.135 e. The lowest BCUT2D eigenvalue weighted by molar-refractivity contribution is 0.0111. The first-order chi connectivity index (χ1) is 31.0. The molecule has 0 aliphatic rings. The Hall–Kier alpha value is -2.38. The van der Waals surface area contributed by atoms with Gasteiger partial charge >= 0.3 is 0 Å². The minimum Gasteiger partial charge on any atom is -0.489 e. The van der Waals surface area contributed by atoms with E-state index in [4.69, 9.17) is 18.9 Å². The van der Waals surface area contributed by atoms with Crippen LogP contribution in [-0.2, 0) is 9.47 Å². The lowest BCUT2D eigenvalue weighted by atomic mass is 9.99. The average Bonchev–Trinajstić information content (AvgIpc) is 3.29. The SMILES string of the molecule is CCCCCCCCCCCCCCCCCCOCC(O)COc1c2ccccc2c(OCC(O)COCCCCCCCCCCCCCCCCCC)c2cc(C)ccc12. The highest BCUT2D eigenvalue weighted by Crippen LogP contribution is 2.43. The van der Waals surface area contributed by atoms with Crippen LogP contribution in [0, 0.1) is 6.92 Å². The maximum atomic E-state index is 10.8. The van der Waals surface area contributed by atoms with Crippen LogP contribution in [0.25, 0.3) is 21.5 Å². The molecule has 0 radical (unpaired) electrons. The fraction of sp³-hybridized carbons (Fsp3) is 0.754. The second kappa shape index (κ2) is 37.8. The van der Waals surface area contributed by atoms with Crippen LogP contribution in [0.4, 0.5) is 0 Å². The van der Waals surface area contributed by atoms with E-state index in [1.165, 1.54) is 193 Å². The van der Waals surface area contributed by atoms with Crippen molar-refractivity contribution >= 4 is 21.5 Å². The number of benzene rings is 3. The van der Waals surface area contributed by atoms with Gasteiger partial charge in [-0.05, 0) is 25.8 Å². The Bertz CT molecular complexity index is 1510. The molecule has 0 heterocycles. The van der Waals surface area contributed by atoms with Gasteiger partial charge < -0.3 is 29.2 Å². The maximum absolute atomic E-state index is 10.8. The van der Waals surface area contributed by atoms with E-state index in [0.29, 0.717) is 13.2 Å². The predicted octanol–water partition coefficient (Wildman–Crippen LogP) is 16.3. The van der Waals surface area contributed by atoms with Gasteiger partial charge in [0.2, 0.25) is 0 Å². The first kappa shape index (κ1) is 55.0. The molecule has 0 saturated carbocycles. The number of aliphatic hydroxyl groups excluding tert-OH is 2. The molecule has 0 aliphatic carbocycles. The van der Waals surface area contributed by atoms with Crippen molar-refractivity contribution in [2.45, 2.75) is 238 Å². The molecule has 3 rings (SSSR count). The van der Waals surface area contributed by atoms with Gasteiger partial charge in [0.15, 0.2) is 0 Å². The van der Waals surface area contributed by atoms with E-state index in [9.17, 15) is 10.2 Å². The van der Waals surface area contributed by atoms with Crippen molar-refractivity contribution in [1.82, 2.24) is 0 Å². The standard InChI is InChI=1S/C57H96O6/c1-4-6-8-10-12-14-16-18-20-22-24-26-28-30-32-36-42-60-45-50(58)47-62-56-52-38-34-35-39-53(52)57(55-44-49(3)40-41-54(55)56)63-48-51(59)46-61-43-37-33-31-29-27-25-23-21-19-17-15-13-11-9-7-5-2/h34-35,38-41,44,50-51,58-59H,4-33,36-37,42-43,45-48H2,1-3H3. The van der Waals surface area contributed by atoms with Crippen molar-refractivity contribution in [3.05, 3.63) is 48.0 Å². The van der Waals surface area contributed by atoms with E-state index in [1.807, 2.05) is 24.3 Å². The Morgan fingerprint density at radius 1 is 0.365 bits per heavy atom. The second-order valence-corrected chi connectivity index (χ2v) is 18.9. The van der Waals surface area contributed by atoms with Gasteiger partial charge in [-0.1, -0.05) is 248 Å². The molecule has 0 bridgehead atoms. The third-order valence-corrected chi connectivity index (χ3v) is 12.8. The molecule has 2 N–H and O–H groups in total. The van der Waals surface area contributed by atoms with Gasteiger partial charge in [0.1, 0.15) is 36.9 Å². The van der Waals surface area contributed by atoms with Crippen LogP contribution < -0.4 is 9.47 Å². The van der Waals surface area contributed by atoms with Gasteiger partial charge in [-0.15, -0.1) is 0 Å². The topological polar surface area (TPSA) is 77.4 Å². The molecule has 0 amide bonds. The smallest absolute Gasteiger partial charge is 0.135 e. The Labute approximate surface area is 387 Å². The Balaban J connectivity index is 1.27. The molecule has 0 aromatic heterocycles. The third kappa shape index (κ3) is 25.8. The monoisotopic (exact) mass is 877 g/mol. The fourth-order valence-corrected chi connectivity index (χ4v) is 8.92. The van der Waals surface area contributed by atoms with Gasteiger partial charge in [-0.25, -0.2) is 0 Å². The van der Waals surface area contributed by atoms with Crippen LogP contribution >= 0.6 is 0 Å². The van der Waals surface area contributed by atoms with Gasteiger partial charge in [0.05, 0.1) is 13.2 Å². The molecule has 3 aromatic carbocycles. The van der Waals surface area contributed by atoms with Crippen LogP contribution in [-0.4, -0.2) is 62.1 Å². The van der Waals surface area contributed by atoms with E-state index < -0.39 is 12.2 Å². The summed E-state index contributed by atoms with van der Waals surface area (Å²) < 4.78 is 24.5. The van der Waals surface area contributed by atoms with Crippen LogP contribution in [0.15, 0.2) is 42.5 Å². The zero-order valence-corrected chi connectivity index (χ0v) is 41.1. The summed E-state index contributed by atoms with van der Waals surface area (Å²) in [5, 5.41) is 25.4. The Kier molecular flexibility index (Phi) is 33.0. The fourth-order valence-electron chi connectivity index (χ4n) is 8.92. The molecule has 2 atom stereocenters. The van der Waals surface area contributed by atoms with Crippen molar-refractivity contribution in [2.75, 3.05) is 39.6 Å². The minimum atomic E-state index is -0.727. The van der Waals surface area contributed by atoms with E-state index >= 15 is 0 Å². The van der Waals surface area contributed by atoms with E-state index in [-0.39, 0.29) is 26.4 Å². The lowest BCUT2D eigenvalue weighted by Gasteiger charge is -2.20. The first-order valence-corrected chi connectivity index (χ1v) is 26.8. The molecule has 360 valence electrons. The van der Waals surface area contributed by atoms with Gasteiger partial charge in [0.25, 0.3) is 0 Å². The molecule has 0 fully saturated rings. The number of ether oxygens (including phenoxy) is 4. The average molecular weight is 877 g/mol. The summed E-state index contributed by atoms with van der Waals surface area (Å²) in [6.45, 7) is 8.78. The molecule has 63 heavy (non-hydrogen) atoms. The molecule has 0 saturated heterocycles. The molecule has 2 unspecified atom stereocenters. The van der Waals surface area contributed by atoms with E-state index in [0.717, 1.165) is 51.4 Å². The number of rotatable bonds is 44. The summed E-state index contributed by atoms with van der Waals surface area (Å²) in [5.74, 6) is 1.46. The lowest BCUT2D eigenvalue weighted by Crippen LogP contribution is -2.24. The normalized spacial score (nSPS) is 12.7. The molecular formula is C57H96O6. The largest absolute Gasteiger partial charge is 0.489 e. The van der Waals surface area contributed by atoms with Crippen LogP contribution in [0.1, 0.15) is 225 Å². The summed E-state index contributed by atoms with van der Waals surface area (Å²) >= 11 is 0. The molecule has 3 aromatic rings. The summed E-state index contributed by atoms with van der Waals surface area (Å²) in [5.41, 5.74) is 1.11. The molecule has 6 nitrogen and oxygen atoms in total. The van der Waals surface area contributed by atoms with Gasteiger partial charge in [-0.3, -0.25) is 0 Å². The van der Waals surface area contributed by atoms with Gasteiger partial charge in [0, 0.05) is 34.8 Å². The van der Waals surface area contributed by atoms with E-state index in [1.54, 1.807) is 0 Å². The highest BCUT2D eigenvalue weighted by atomic mass is 16.5. The van der Waals surface area contributed by atoms with Crippen molar-refractivity contribution in [1.29, 1.82) is 0 Å². The quantitative estimate of drug-likeness (QED) is 0.0435. The van der Waals surface area contributed by atoms with Crippen LogP contribution in [0.2, 0.25) is 0 Å². The first-order valence-electron chi connectivity index (χ1n) is 26.8. The van der Waals surface area contributed by atoms with E-state index in [2.05, 4.69) is 39.0 Å². The minimum absolute atomic E-state index is 0.140. The summed E-state index contributed by atoms with van der Waals surface area (Å²) in [6, 6.07) is 14.3. The van der Waals surface area contributed by atoms with Crippen LogP contribution in [0.3, 0.4) is 0 Å². The highest BCUT2D eigenvalue weighted by Gasteiger charge is 2.19. The highest BCUT2D eigenvalue weighted by molar-refractivity contribution is 6.11. The molecule has 0 spiro atoms. The molecular weight excluding hydrogens is 781 g/mol. The zero-order chi connectivity index (χ0) is 44.8. The summed E-state index contributed by atoms with van der Waals surface area (Å²) in [7, 11) is 0. The van der Waals surface area contributed by atoms with Crippen molar-refractivity contribution in [3.8, 4) is 11.5 Å². The van der Waals surface area contributed by atoms with Crippen molar-refractivity contribution in [2.24, 2.45) is 0 Å². The molecule has 6 heteroatoms. The molecule has 0 aliphatic heterocycles. The Morgan fingerprint density at radius 3 is 1.02 bits per heavy atom. The summed E-state index contributed by atoms with van der Waals surface area (Å²) in [4.78, 5) is 0. The predicted molar refractivity (Wildman–Crippen MR) is 270 cm³/mol. The zero-order valence-electron chi connectivity index (χ0n) is 41.1. The number of hydrogen-bond acceptors (Lipinski definition) is 6. The Morgan fingerprint density at radius 2 is 0.667 bits per heavy atom. The van der Waals surface area contributed by atoms with Crippen molar-refractivity contribution < 1.29 is 29.2 Å². The third-order valence-electron chi connectivity index (χ3n) is 12.8.